The summed E-state index contributed by atoms with van der Waals surface area (Å²) in [5.41, 5.74) is 0.479. The van der Waals surface area contributed by atoms with Gasteiger partial charge < -0.3 is 4.74 Å². The molecule has 0 spiro atoms. The minimum Gasteiger partial charge on any atom is -0.483 e. The number of aliphatic imine (C=N–C) groups is 1. The van der Waals surface area contributed by atoms with Crippen molar-refractivity contribution in [2.45, 2.75) is 33.2 Å². The van der Waals surface area contributed by atoms with Crippen LogP contribution in [0, 0.1) is 11.3 Å². The van der Waals surface area contributed by atoms with Gasteiger partial charge in [-0.25, -0.2) is 4.68 Å². The molecule has 0 radical (unpaired) electrons. The van der Waals surface area contributed by atoms with Gasteiger partial charge in [0.25, 0.3) is 0 Å². The van der Waals surface area contributed by atoms with Crippen molar-refractivity contribution in [2.75, 3.05) is 6.61 Å². The molecule has 0 saturated carbocycles. The maximum absolute atomic E-state index is 8.90. The van der Waals surface area contributed by atoms with Gasteiger partial charge >= 0.3 is 0 Å². The smallest absolute Gasteiger partial charge is 0.176 e. The minimum atomic E-state index is 0.479. The van der Waals surface area contributed by atoms with E-state index in [1.807, 2.05) is 6.92 Å². The first kappa shape index (κ1) is 12.2. The lowest BCUT2D eigenvalue weighted by molar-refractivity contribution is 0.343. The van der Waals surface area contributed by atoms with E-state index in [4.69, 9.17) is 10.00 Å². The monoisotopic (exact) mass is 220 g/mol. The maximum atomic E-state index is 8.90. The zero-order chi connectivity index (χ0) is 11.8. The Morgan fingerprint density at radius 1 is 1.62 bits per heavy atom. The summed E-state index contributed by atoms with van der Waals surface area (Å²) in [5.74, 6) is 0.574. The summed E-state index contributed by atoms with van der Waals surface area (Å²) < 4.78 is 6.76. The molecule has 0 bridgehead atoms. The minimum absolute atomic E-state index is 0.479. The first-order valence-electron chi connectivity index (χ1n) is 5.43. The molecule has 1 heterocycles. The van der Waals surface area contributed by atoms with E-state index in [1.54, 1.807) is 4.68 Å². The van der Waals surface area contributed by atoms with Crippen molar-refractivity contribution in [1.29, 1.82) is 5.26 Å². The van der Waals surface area contributed by atoms with Crippen LogP contribution in [0.3, 0.4) is 0 Å². The SMILES string of the molecule is CCCCn1ncc(C#N)c1/N=C/OCC. The van der Waals surface area contributed by atoms with Gasteiger partial charge in [-0.1, -0.05) is 13.3 Å². The second-order valence-electron chi connectivity index (χ2n) is 3.26. The Balaban J connectivity index is 2.84. The standard InChI is InChI=1S/C11H16N4O/c1-3-5-6-15-11(13-9-16-4-2)10(7-12)8-14-15/h8-9H,3-6H2,1-2H3/b13-9+. The third-order valence-electron chi connectivity index (χ3n) is 2.07. The van der Waals surface area contributed by atoms with Gasteiger partial charge in [0.2, 0.25) is 0 Å². The van der Waals surface area contributed by atoms with Crippen LogP contribution in [0.2, 0.25) is 0 Å². The van der Waals surface area contributed by atoms with Crippen molar-refractivity contribution in [1.82, 2.24) is 9.78 Å². The number of hydrogen-bond acceptors (Lipinski definition) is 4. The fraction of sp³-hybridized carbons (Fsp3) is 0.545. The first-order chi connectivity index (χ1) is 7.83. The Labute approximate surface area is 95.4 Å². The van der Waals surface area contributed by atoms with Crippen LogP contribution in [-0.4, -0.2) is 22.8 Å². The van der Waals surface area contributed by atoms with Gasteiger partial charge in [0.05, 0.1) is 12.8 Å². The van der Waals surface area contributed by atoms with Gasteiger partial charge in [-0.2, -0.15) is 15.4 Å². The lowest BCUT2D eigenvalue weighted by atomic mass is 10.3. The molecule has 1 aromatic heterocycles. The van der Waals surface area contributed by atoms with E-state index in [0.29, 0.717) is 18.0 Å². The van der Waals surface area contributed by atoms with Gasteiger partial charge in [-0.3, -0.25) is 0 Å². The van der Waals surface area contributed by atoms with Crippen molar-refractivity contribution in [2.24, 2.45) is 4.99 Å². The molecule has 86 valence electrons. The molecule has 0 fully saturated rings. The van der Waals surface area contributed by atoms with Crippen LogP contribution in [0.15, 0.2) is 11.2 Å². The summed E-state index contributed by atoms with van der Waals surface area (Å²) in [6, 6.07) is 2.07. The molecule has 0 atom stereocenters. The second-order valence-corrected chi connectivity index (χ2v) is 3.26. The van der Waals surface area contributed by atoms with E-state index in [0.717, 1.165) is 19.4 Å². The fourth-order valence-electron chi connectivity index (χ4n) is 1.23. The molecule has 0 aliphatic rings. The van der Waals surface area contributed by atoms with E-state index in [9.17, 15) is 0 Å². The summed E-state index contributed by atoms with van der Waals surface area (Å²) in [6.45, 7) is 5.33. The predicted molar refractivity (Wildman–Crippen MR) is 61.6 cm³/mol. The van der Waals surface area contributed by atoms with Crippen LogP contribution in [0.25, 0.3) is 0 Å². The lowest BCUT2D eigenvalue weighted by Crippen LogP contribution is -1.99. The topological polar surface area (TPSA) is 63.2 Å². The summed E-state index contributed by atoms with van der Waals surface area (Å²) in [7, 11) is 0. The first-order valence-corrected chi connectivity index (χ1v) is 5.43. The zero-order valence-electron chi connectivity index (χ0n) is 9.68. The molecule has 0 aliphatic carbocycles. The predicted octanol–water partition coefficient (Wildman–Crippen LogP) is 2.25. The van der Waals surface area contributed by atoms with Crippen LogP contribution in [0.5, 0.6) is 0 Å². The molecule has 1 aromatic rings. The number of ether oxygens (including phenoxy) is 1. The highest BCUT2D eigenvalue weighted by Crippen LogP contribution is 2.18. The lowest BCUT2D eigenvalue weighted by Gasteiger charge is -2.02. The van der Waals surface area contributed by atoms with Crippen LogP contribution in [0.4, 0.5) is 5.82 Å². The average molecular weight is 220 g/mol. The molecule has 5 nitrogen and oxygen atoms in total. The van der Waals surface area contributed by atoms with Gasteiger partial charge in [-0.15, -0.1) is 0 Å². The molecule has 5 heteroatoms. The molecule has 0 saturated heterocycles. The molecule has 0 N–H and O–H groups in total. The van der Waals surface area contributed by atoms with Crippen LogP contribution in [0.1, 0.15) is 32.3 Å². The zero-order valence-corrected chi connectivity index (χ0v) is 9.68. The summed E-state index contributed by atoms with van der Waals surface area (Å²) in [4.78, 5) is 4.11. The number of hydrogen-bond donors (Lipinski definition) is 0. The number of aromatic nitrogens is 2. The van der Waals surface area contributed by atoms with Crippen molar-refractivity contribution in [3.05, 3.63) is 11.8 Å². The highest BCUT2D eigenvalue weighted by molar-refractivity contribution is 5.58. The molecule has 0 aliphatic heterocycles. The highest BCUT2D eigenvalue weighted by Gasteiger charge is 2.08. The number of aryl methyl sites for hydroxylation is 1. The molecule has 0 aromatic carbocycles. The summed E-state index contributed by atoms with van der Waals surface area (Å²) >= 11 is 0. The molecule has 0 unspecified atom stereocenters. The Morgan fingerprint density at radius 3 is 3.06 bits per heavy atom. The molecule has 16 heavy (non-hydrogen) atoms. The van der Waals surface area contributed by atoms with E-state index >= 15 is 0 Å². The van der Waals surface area contributed by atoms with Crippen molar-refractivity contribution >= 4 is 12.2 Å². The summed E-state index contributed by atoms with van der Waals surface area (Å²) in [6.07, 6.45) is 4.99. The van der Waals surface area contributed by atoms with Crippen LogP contribution >= 0.6 is 0 Å². The van der Waals surface area contributed by atoms with Gasteiger partial charge in [0.15, 0.2) is 12.2 Å². The van der Waals surface area contributed by atoms with Crippen molar-refractivity contribution < 1.29 is 4.74 Å². The normalized spacial score (nSPS) is 10.6. The molecular weight excluding hydrogens is 204 g/mol. The largest absolute Gasteiger partial charge is 0.483 e. The van der Waals surface area contributed by atoms with Crippen molar-refractivity contribution in [3.8, 4) is 6.07 Å². The number of unbranched alkanes of at least 4 members (excludes halogenated alkanes) is 1. The molecule has 1 rings (SSSR count). The van der Waals surface area contributed by atoms with Crippen LogP contribution < -0.4 is 0 Å². The number of rotatable bonds is 6. The van der Waals surface area contributed by atoms with Gasteiger partial charge in [0.1, 0.15) is 11.6 Å². The quantitative estimate of drug-likeness (QED) is 0.545. The molecule has 0 amide bonds. The van der Waals surface area contributed by atoms with Gasteiger partial charge in [-0.05, 0) is 13.3 Å². The fourth-order valence-corrected chi connectivity index (χ4v) is 1.23. The Kier molecular flexibility index (Phi) is 5.06. The average Bonchev–Trinajstić information content (AvgIpc) is 2.69. The van der Waals surface area contributed by atoms with Crippen LogP contribution in [-0.2, 0) is 11.3 Å². The van der Waals surface area contributed by atoms with E-state index in [2.05, 4.69) is 23.1 Å². The summed E-state index contributed by atoms with van der Waals surface area (Å²) in [5, 5.41) is 13.0. The second kappa shape index (κ2) is 6.62. The third-order valence-corrected chi connectivity index (χ3v) is 2.07. The Bertz CT molecular complexity index is 389. The van der Waals surface area contributed by atoms with E-state index < -0.39 is 0 Å². The number of nitriles is 1. The van der Waals surface area contributed by atoms with Gasteiger partial charge in [0, 0.05) is 6.54 Å². The van der Waals surface area contributed by atoms with E-state index in [-0.39, 0.29) is 0 Å². The Hall–Kier alpha value is -1.83. The highest BCUT2D eigenvalue weighted by atomic mass is 16.5. The Morgan fingerprint density at radius 2 is 2.44 bits per heavy atom. The van der Waals surface area contributed by atoms with E-state index in [1.165, 1.54) is 12.6 Å². The molecular formula is C11H16N4O. The third kappa shape index (κ3) is 3.09. The number of nitrogens with zero attached hydrogens (tertiary/aromatic N) is 4. The van der Waals surface area contributed by atoms with Crippen molar-refractivity contribution in [3.63, 3.8) is 0 Å². The maximum Gasteiger partial charge on any atom is 0.176 e.